The van der Waals surface area contributed by atoms with Crippen LogP contribution in [-0.4, -0.2) is 37.0 Å². The summed E-state index contributed by atoms with van der Waals surface area (Å²) in [4.78, 5) is 0. The minimum atomic E-state index is -0.479. The van der Waals surface area contributed by atoms with Crippen LogP contribution in [0, 0.1) is 11.3 Å². The molecule has 0 spiro atoms. The standard InChI is InChI=1S/C15H22N2O2/c1-12(2)19-11-15(18)10-17-7-6-13-4-3-5-14(8-13)9-16/h3-5,8,12,15,17-18H,6-7,10-11H2,1-2H3. The Bertz CT molecular complexity index is 413. The van der Waals surface area contributed by atoms with Crippen molar-refractivity contribution >= 4 is 0 Å². The lowest BCUT2D eigenvalue weighted by molar-refractivity contribution is 0.00652. The first-order valence-corrected chi connectivity index (χ1v) is 6.61. The van der Waals surface area contributed by atoms with E-state index in [1.54, 1.807) is 6.07 Å². The van der Waals surface area contributed by atoms with Crippen LogP contribution in [0.3, 0.4) is 0 Å². The maximum atomic E-state index is 9.65. The van der Waals surface area contributed by atoms with Crippen molar-refractivity contribution in [3.8, 4) is 6.07 Å². The second-order valence-electron chi connectivity index (χ2n) is 4.80. The van der Waals surface area contributed by atoms with Crippen molar-refractivity contribution in [1.82, 2.24) is 5.32 Å². The Morgan fingerprint density at radius 2 is 2.21 bits per heavy atom. The van der Waals surface area contributed by atoms with E-state index in [2.05, 4.69) is 11.4 Å². The van der Waals surface area contributed by atoms with Gasteiger partial charge in [-0.15, -0.1) is 0 Å². The number of aliphatic hydroxyl groups excluding tert-OH is 1. The number of rotatable bonds is 8. The molecule has 1 rings (SSSR count). The first kappa shape index (κ1) is 15.6. The van der Waals surface area contributed by atoms with Gasteiger partial charge >= 0.3 is 0 Å². The van der Waals surface area contributed by atoms with Gasteiger partial charge in [-0.25, -0.2) is 0 Å². The lowest BCUT2D eigenvalue weighted by Crippen LogP contribution is -2.32. The quantitative estimate of drug-likeness (QED) is 0.696. The van der Waals surface area contributed by atoms with Crippen LogP contribution < -0.4 is 5.32 Å². The lowest BCUT2D eigenvalue weighted by atomic mass is 10.1. The van der Waals surface area contributed by atoms with Crippen LogP contribution >= 0.6 is 0 Å². The first-order chi connectivity index (χ1) is 9.11. The number of nitriles is 1. The van der Waals surface area contributed by atoms with Gasteiger partial charge < -0.3 is 15.2 Å². The third-order valence-electron chi connectivity index (χ3n) is 2.65. The summed E-state index contributed by atoms with van der Waals surface area (Å²) >= 11 is 0. The van der Waals surface area contributed by atoms with E-state index in [0.29, 0.717) is 18.7 Å². The molecule has 19 heavy (non-hydrogen) atoms. The molecule has 1 aromatic rings. The van der Waals surface area contributed by atoms with Crippen LogP contribution in [0.4, 0.5) is 0 Å². The Balaban J connectivity index is 2.18. The topological polar surface area (TPSA) is 65.3 Å². The second kappa shape index (κ2) is 8.65. The second-order valence-corrected chi connectivity index (χ2v) is 4.80. The van der Waals surface area contributed by atoms with Crippen molar-refractivity contribution in [3.63, 3.8) is 0 Å². The molecule has 0 aliphatic carbocycles. The van der Waals surface area contributed by atoms with Crippen LogP contribution in [-0.2, 0) is 11.2 Å². The summed E-state index contributed by atoms with van der Waals surface area (Å²) in [5.74, 6) is 0. The number of hydrogen-bond acceptors (Lipinski definition) is 4. The summed E-state index contributed by atoms with van der Waals surface area (Å²) in [5.41, 5.74) is 1.81. The zero-order valence-electron chi connectivity index (χ0n) is 11.6. The maximum absolute atomic E-state index is 9.65. The van der Waals surface area contributed by atoms with E-state index in [9.17, 15) is 5.11 Å². The molecule has 0 aromatic heterocycles. The normalized spacial score (nSPS) is 12.4. The molecule has 0 aliphatic heterocycles. The number of nitrogens with one attached hydrogen (secondary N) is 1. The maximum Gasteiger partial charge on any atom is 0.0991 e. The Morgan fingerprint density at radius 1 is 1.42 bits per heavy atom. The minimum Gasteiger partial charge on any atom is -0.389 e. The zero-order valence-corrected chi connectivity index (χ0v) is 11.6. The van der Waals surface area contributed by atoms with Crippen molar-refractivity contribution in [2.75, 3.05) is 19.7 Å². The predicted octanol–water partition coefficient (Wildman–Crippen LogP) is 1.48. The number of hydrogen-bond donors (Lipinski definition) is 2. The fourth-order valence-electron chi connectivity index (χ4n) is 1.66. The van der Waals surface area contributed by atoms with Crippen LogP contribution in [0.2, 0.25) is 0 Å². The largest absolute Gasteiger partial charge is 0.389 e. The summed E-state index contributed by atoms with van der Waals surface area (Å²) in [6.07, 6.45) is 0.504. The molecular weight excluding hydrogens is 240 g/mol. The van der Waals surface area contributed by atoms with Crippen molar-refractivity contribution in [3.05, 3.63) is 35.4 Å². The molecule has 0 radical (unpaired) electrons. The van der Waals surface area contributed by atoms with Crippen molar-refractivity contribution in [2.45, 2.75) is 32.5 Å². The number of aliphatic hydroxyl groups is 1. The number of nitrogens with zero attached hydrogens (tertiary/aromatic N) is 1. The Labute approximate surface area is 115 Å². The molecule has 0 aliphatic rings. The smallest absolute Gasteiger partial charge is 0.0991 e. The van der Waals surface area contributed by atoms with E-state index < -0.39 is 6.10 Å². The summed E-state index contributed by atoms with van der Waals surface area (Å²) in [5, 5.41) is 21.6. The van der Waals surface area contributed by atoms with Gasteiger partial charge in [-0.3, -0.25) is 0 Å². The molecule has 4 nitrogen and oxygen atoms in total. The third kappa shape index (κ3) is 6.92. The third-order valence-corrected chi connectivity index (χ3v) is 2.65. The Hall–Kier alpha value is -1.41. The summed E-state index contributed by atoms with van der Waals surface area (Å²) in [6.45, 7) is 5.54. The predicted molar refractivity (Wildman–Crippen MR) is 74.8 cm³/mol. The molecule has 0 fully saturated rings. The molecule has 0 saturated heterocycles. The molecular formula is C15H22N2O2. The van der Waals surface area contributed by atoms with Crippen molar-refractivity contribution in [1.29, 1.82) is 5.26 Å². The van der Waals surface area contributed by atoms with E-state index in [4.69, 9.17) is 10.00 Å². The monoisotopic (exact) mass is 262 g/mol. The highest BCUT2D eigenvalue weighted by molar-refractivity contribution is 5.32. The lowest BCUT2D eigenvalue weighted by Gasteiger charge is -2.14. The fourth-order valence-corrected chi connectivity index (χ4v) is 1.66. The molecule has 0 heterocycles. The molecule has 1 unspecified atom stereocenters. The van der Waals surface area contributed by atoms with Gasteiger partial charge in [0.05, 0.1) is 30.4 Å². The molecule has 2 N–H and O–H groups in total. The summed E-state index contributed by atoms with van der Waals surface area (Å²) in [6, 6.07) is 9.70. The molecule has 1 atom stereocenters. The van der Waals surface area contributed by atoms with Crippen LogP contribution in [0.1, 0.15) is 25.0 Å². The van der Waals surface area contributed by atoms with E-state index >= 15 is 0 Å². The highest BCUT2D eigenvalue weighted by Gasteiger charge is 2.05. The van der Waals surface area contributed by atoms with Crippen molar-refractivity contribution in [2.24, 2.45) is 0 Å². The number of benzene rings is 1. The van der Waals surface area contributed by atoms with E-state index in [1.807, 2.05) is 32.0 Å². The average Bonchev–Trinajstić information content (AvgIpc) is 2.41. The van der Waals surface area contributed by atoms with Gasteiger partial charge in [0, 0.05) is 6.54 Å². The molecule has 0 bridgehead atoms. The highest BCUT2D eigenvalue weighted by Crippen LogP contribution is 2.04. The first-order valence-electron chi connectivity index (χ1n) is 6.61. The van der Waals surface area contributed by atoms with Crippen LogP contribution in [0.15, 0.2) is 24.3 Å². The SMILES string of the molecule is CC(C)OCC(O)CNCCc1cccc(C#N)c1. The molecule has 1 aromatic carbocycles. The van der Waals surface area contributed by atoms with Gasteiger partial charge in [-0.1, -0.05) is 12.1 Å². The van der Waals surface area contributed by atoms with Gasteiger partial charge in [0.25, 0.3) is 0 Å². The minimum absolute atomic E-state index is 0.142. The average molecular weight is 262 g/mol. The van der Waals surface area contributed by atoms with E-state index in [1.165, 1.54) is 0 Å². The van der Waals surface area contributed by atoms with Crippen LogP contribution in [0.5, 0.6) is 0 Å². The Morgan fingerprint density at radius 3 is 2.89 bits per heavy atom. The summed E-state index contributed by atoms with van der Waals surface area (Å²) in [7, 11) is 0. The highest BCUT2D eigenvalue weighted by atomic mass is 16.5. The zero-order chi connectivity index (χ0) is 14.1. The van der Waals surface area contributed by atoms with Gasteiger partial charge in [0.15, 0.2) is 0 Å². The molecule has 0 amide bonds. The summed E-state index contributed by atoms with van der Waals surface area (Å²) < 4.78 is 5.32. The van der Waals surface area contributed by atoms with Gasteiger partial charge in [-0.05, 0) is 44.5 Å². The van der Waals surface area contributed by atoms with Crippen LogP contribution in [0.25, 0.3) is 0 Å². The van der Waals surface area contributed by atoms with E-state index in [0.717, 1.165) is 18.5 Å². The van der Waals surface area contributed by atoms with Gasteiger partial charge in [0.2, 0.25) is 0 Å². The van der Waals surface area contributed by atoms with Gasteiger partial charge in [0.1, 0.15) is 0 Å². The fraction of sp³-hybridized carbons (Fsp3) is 0.533. The van der Waals surface area contributed by atoms with E-state index in [-0.39, 0.29) is 6.10 Å². The molecule has 4 heteroatoms. The molecule has 0 saturated carbocycles. The van der Waals surface area contributed by atoms with Crippen molar-refractivity contribution < 1.29 is 9.84 Å². The number of ether oxygens (including phenoxy) is 1. The Kier molecular flexibility index (Phi) is 7.12. The van der Waals surface area contributed by atoms with Gasteiger partial charge in [-0.2, -0.15) is 5.26 Å². The molecule has 104 valence electrons.